The molecule has 2 aliphatic heterocycles. The van der Waals surface area contributed by atoms with E-state index in [2.05, 4.69) is 89.2 Å². The molecule has 0 fully saturated rings. The SMILES string of the molecule is C1=CC2=C(NC1)C1N=C(c3ccc(-c4ccc5c(n4)-c4ncccc4CC5)cc3)C=CC1C=C2. The monoisotopic (exact) mass is 440 g/mol. The second-order valence-electron chi connectivity index (χ2n) is 9.20. The molecule has 2 aromatic heterocycles. The number of nitrogens with one attached hydrogen (secondary N) is 1. The lowest BCUT2D eigenvalue weighted by Crippen LogP contribution is -2.35. The van der Waals surface area contributed by atoms with E-state index < -0.39 is 0 Å². The summed E-state index contributed by atoms with van der Waals surface area (Å²) in [5.41, 5.74) is 11.4. The highest BCUT2D eigenvalue weighted by molar-refractivity contribution is 6.09. The Morgan fingerprint density at radius 1 is 0.794 bits per heavy atom. The van der Waals surface area contributed by atoms with Crippen LogP contribution in [0.2, 0.25) is 0 Å². The van der Waals surface area contributed by atoms with Gasteiger partial charge in [0.15, 0.2) is 0 Å². The minimum absolute atomic E-state index is 0.125. The van der Waals surface area contributed by atoms with Crippen LogP contribution in [0.3, 0.4) is 0 Å². The van der Waals surface area contributed by atoms with Crippen LogP contribution in [0.4, 0.5) is 0 Å². The Bertz CT molecular complexity index is 1450. The summed E-state index contributed by atoms with van der Waals surface area (Å²) >= 11 is 0. The molecule has 4 nitrogen and oxygen atoms in total. The quantitative estimate of drug-likeness (QED) is 0.593. The number of hydrogen-bond acceptors (Lipinski definition) is 4. The molecule has 0 saturated heterocycles. The number of hydrogen-bond donors (Lipinski definition) is 1. The topological polar surface area (TPSA) is 50.2 Å². The maximum absolute atomic E-state index is 5.14. The summed E-state index contributed by atoms with van der Waals surface area (Å²) in [5.74, 6) is 0.317. The third-order valence-corrected chi connectivity index (χ3v) is 7.17. The molecule has 7 rings (SSSR count). The number of rotatable bonds is 2. The zero-order valence-corrected chi connectivity index (χ0v) is 18.8. The van der Waals surface area contributed by atoms with E-state index in [9.17, 15) is 0 Å². The van der Waals surface area contributed by atoms with Crippen molar-refractivity contribution in [2.45, 2.75) is 18.9 Å². The van der Waals surface area contributed by atoms with Crippen molar-refractivity contribution >= 4 is 5.71 Å². The van der Waals surface area contributed by atoms with Crippen molar-refractivity contribution in [2.24, 2.45) is 10.9 Å². The van der Waals surface area contributed by atoms with Crippen molar-refractivity contribution in [1.82, 2.24) is 15.3 Å². The van der Waals surface area contributed by atoms with E-state index >= 15 is 0 Å². The Hall–Kier alpha value is -4.05. The van der Waals surface area contributed by atoms with Gasteiger partial charge in [-0.3, -0.25) is 9.98 Å². The predicted molar refractivity (Wildman–Crippen MR) is 137 cm³/mol. The summed E-state index contributed by atoms with van der Waals surface area (Å²) in [6.45, 7) is 0.868. The largest absolute Gasteiger partial charge is 0.383 e. The van der Waals surface area contributed by atoms with Crippen LogP contribution in [0.15, 0.2) is 107 Å². The van der Waals surface area contributed by atoms with E-state index in [1.807, 2.05) is 12.3 Å². The molecule has 4 heteroatoms. The van der Waals surface area contributed by atoms with Crippen LogP contribution in [-0.4, -0.2) is 28.3 Å². The van der Waals surface area contributed by atoms with Crippen LogP contribution in [0, 0.1) is 5.92 Å². The van der Waals surface area contributed by atoms with Gasteiger partial charge in [0.1, 0.15) is 6.04 Å². The van der Waals surface area contributed by atoms with Gasteiger partial charge in [0.05, 0.1) is 22.8 Å². The van der Waals surface area contributed by atoms with Crippen LogP contribution in [-0.2, 0) is 12.8 Å². The van der Waals surface area contributed by atoms with Gasteiger partial charge in [-0.15, -0.1) is 0 Å². The Labute approximate surface area is 199 Å². The van der Waals surface area contributed by atoms with E-state index in [0.717, 1.165) is 53.3 Å². The maximum atomic E-state index is 5.14. The van der Waals surface area contributed by atoms with Gasteiger partial charge < -0.3 is 5.32 Å². The van der Waals surface area contributed by atoms with Crippen LogP contribution in [0.5, 0.6) is 0 Å². The Balaban J connectivity index is 1.20. The Kier molecular flexibility index (Phi) is 4.44. The molecule has 0 bridgehead atoms. The van der Waals surface area contributed by atoms with Gasteiger partial charge >= 0.3 is 0 Å². The lowest BCUT2D eigenvalue weighted by atomic mass is 9.85. The molecule has 4 aliphatic rings. The predicted octanol–water partition coefficient (Wildman–Crippen LogP) is 5.24. The third-order valence-electron chi connectivity index (χ3n) is 7.17. The van der Waals surface area contributed by atoms with Crippen molar-refractivity contribution in [3.63, 3.8) is 0 Å². The van der Waals surface area contributed by atoms with Gasteiger partial charge in [0.2, 0.25) is 0 Å². The molecule has 0 saturated carbocycles. The molecular weight excluding hydrogens is 416 g/mol. The molecule has 0 radical (unpaired) electrons. The van der Waals surface area contributed by atoms with Crippen LogP contribution in [0.1, 0.15) is 16.7 Å². The van der Waals surface area contributed by atoms with Crippen molar-refractivity contribution in [3.05, 3.63) is 119 Å². The van der Waals surface area contributed by atoms with Gasteiger partial charge in [-0.25, -0.2) is 4.98 Å². The number of nitrogens with zero attached hydrogens (tertiary/aromatic N) is 3. The molecule has 2 aliphatic carbocycles. The summed E-state index contributed by atoms with van der Waals surface area (Å²) in [6.07, 6.45) is 17.2. The lowest BCUT2D eigenvalue weighted by Gasteiger charge is -2.32. The van der Waals surface area contributed by atoms with Gasteiger partial charge in [-0.05, 0) is 53.3 Å². The van der Waals surface area contributed by atoms with Crippen molar-refractivity contribution < 1.29 is 0 Å². The summed E-state index contributed by atoms with van der Waals surface area (Å²) in [7, 11) is 0. The number of allylic oxidation sites excluding steroid dienone is 4. The number of dihydropyridines is 2. The number of aromatic nitrogens is 2. The van der Waals surface area contributed by atoms with Crippen molar-refractivity contribution in [1.29, 1.82) is 0 Å². The number of pyridine rings is 2. The lowest BCUT2D eigenvalue weighted by molar-refractivity contribution is 0.594. The van der Waals surface area contributed by atoms with E-state index in [-0.39, 0.29) is 6.04 Å². The molecular formula is C30H24N4. The average Bonchev–Trinajstić information content (AvgIpc) is 2.92. The second-order valence-corrected chi connectivity index (χ2v) is 9.20. The smallest absolute Gasteiger partial charge is 0.100 e. The molecule has 3 aromatic rings. The van der Waals surface area contributed by atoms with Crippen molar-refractivity contribution in [3.8, 4) is 22.6 Å². The fourth-order valence-electron chi connectivity index (χ4n) is 5.36. The van der Waals surface area contributed by atoms with E-state index in [1.54, 1.807) is 0 Å². The minimum atomic E-state index is 0.125. The molecule has 1 N–H and O–H groups in total. The highest BCUT2D eigenvalue weighted by Crippen LogP contribution is 2.34. The molecule has 0 spiro atoms. The summed E-state index contributed by atoms with van der Waals surface area (Å²) in [5, 5.41) is 3.54. The second kappa shape index (κ2) is 7.77. The summed E-state index contributed by atoms with van der Waals surface area (Å²) in [4.78, 5) is 14.8. The number of benzene rings is 1. The number of aryl methyl sites for hydroxylation is 2. The fraction of sp³-hybridized carbons (Fsp3) is 0.167. The first-order valence-electron chi connectivity index (χ1n) is 12.0. The van der Waals surface area contributed by atoms with E-state index in [1.165, 1.54) is 22.4 Å². The molecule has 4 heterocycles. The first kappa shape index (κ1) is 19.4. The van der Waals surface area contributed by atoms with Crippen molar-refractivity contribution in [2.75, 3.05) is 6.54 Å². The Morgan fingerprint density at radius 2 is 1.62 bits per heavy atom. The van der Waals surface area contributed by atoms with Gasteiger partial charge in [-0.2, -0.15) is 0 Å². The van der Waals surface area contributed by atoms with Gasteiger partial charge in [-0.1, -0.05) is 66.8 Å². The van der Waals surface area contributed by atoms with Gasteiger partial charge in [0.25, 0.3) is 0 Å². The molecule has 164 valence electrons. The Morgan fingerprint density at radius 3 is 2.53 bits per heavy atom. The maximum Gasteiger partial charge on any atom is 0.100 e. The van der Waals surface area contributed by atoms with Crippen LogP contribution >= 0.6 is 0 Å². The minimum Gasteiger partial charge on any atom is -0.383 e. The van der Waals surface area contributed by atoms with E-state index in [0.29, 0.717) is 5.92 Å². The zero-order valence-electron chi connectivity index (χ0n) is 18.8. The van der Waals surface area contributed by atoms with Crippen LogP contribution in [0.25, 0.3) is 22.6 Å². The normalized spacial score (nSPS) is 21.7. The summed E-state index contributed by atoms with van der Waals surface area (Å²) in [6, 6.07) is 17.3. The first-order valence-corrected chi connectivity index (χ1v) is 12.0. The molecule has 1 aromatic carbocycles. The highest BCUT2D eigenvalue weighted by Gasteiger charge is 2.29. The van der Waals surface area contributed by atoms with E-state index in [4.69, 9.17) is 9.98 Å². The third kappa shape index (κ3) is 3.18. The first-order chi connectivity index (χ1) is 16.8. The molecule has 2 unspecified atom stereocenters. The van der Waals surface area contributed by atoms with Gasteiger partial charge in [0, 0.05) is 29.9 Å². The molecule has 2 atom stereocenters. The highest BCUT2D eigenvalue weighted by atomic mass is 15.0. The fourth-order valence-corrected chi connectivity index (χ4v) is 5.36. The molecule has 0 amide bonds. The molecule has 34 heavy (non-hydrogen) atoms. The van der Waals surface area contributed by atoms with Crippen LogP contribution < -0.4 is 5.32 Å². The standard InChI is InChI=1S/C30H24N4/c1-3-21-9-11-23-13-15-25(33-29(23)27(21)31-17-1)19-5-7-20(8-6-19)26-16-14-24-12-10-22-4-2-18-32-28(22)30(24)34-26/h1-9,11,13-16,18,23,29,31H,10,12,17H2. The summed E-state index contributed by atoms with van der Waals surface area (Å²) < 4.78 is 0. The number of aliphatic imine (C=N–C) groups is 1. The average molecular weight is 441 g/mol. The zero-order chi connectivity index (χ0) is 22.5. The number of fused-ring (bicyclic) bond motifs is 5.